The van der Waals surface area contributed by atoms with Crippen LogP contribution in [0.3, 0.4) is 0 Å². The molecular formula is C25H36ClN3O5. The maximum absolute atomic E-state index is 12.6. The van der Waals surface area contributed by atoms with E-state index in [1.54, 1.807) is 6.07 Å². The zero-order valence-corrected chi connectivity index (χ0v) is 20.8. The van der Waals surface area contributed by atoms with Gasteiger partial charge in [0.25, 0.3) is 5.91 Å². The first-order valence-electron chi connectivity index (χ1n) is 11.7. The van der Waals surface area contributed by atoms with Crippen molar-refractivity contribution in [2.24, 2.45) is 5.73 Å². The number of aromatic nitrogens is 1. The van der Waals surface area contributed by atoms with Crippen LogP contribution in [0, 0.1) is 0 Å². The third-order valence-electron chi connectivity index (χ3n) is 6.79. The number of methoxy groups -OCH3 is 2. The van der Waals surface area contributed by atoms with Gasteiger partial charge in [-0.1, -0.05) is 38.5 Å². The fourth-order valence-electron chi connectivity index (χ4n) is 4.80. The number of nitrogens with one attached hydrogen (secondary N) is 2. The van der Waals surface area contributed by atoms with Gasteiger partial charge in [0.1, 0.15) is 11.1 Å². The summed E-state index contributed by atoms with van der Waals surface area (Å²) in [6.45, 7) is 0. The third kappa shape index (κ3) is 6.30. The van der Waals surface area contributed by atoms with Gasteiger partial charge in [-0.15, -0.1) is 12.4 Å². The van der Waals surface area contributed by atoms with Crippen LogP contribution in [0.2, 0.25) is 0 Å². The van der Waals surface area contributed by atoms with Crippen LogP contribution < -0.4 is 11.1 Å². The molecule has 0 aliphatic heterocycles. The second-order valence-electron chi connectivity index (χ2n) is 9.08. The topological polar surface area (TPSA) is 124 Å². The zero-order chi connectivity index (χ0) is 23.9. The number of amides is 1. The Balaban J connectivity index is 0.000000289. The van der Waals surface area contributed by atoms with Gasteiger partial charge < -0.3 is 25.5 Å². The molecule has 0 atom stereocenters. The van der Waals surface area contributed by atoms with Gasteiger partial charge in [-0.2, -0.15) is 0 Å². The third-order valence-corrected chi connectivity index (χ3v) is 6.79. The number of benzene rings is 1. The Hall–Kier alpha value is -2.58. The molecule has 1 amide bonds. The Labute approximate surface area is 206 Å². The first-order valence-corrected chi connectivity index (χ1v) is 11.7. The van der Waals surface area contributed by atoms with Gasteiger partial charge in [0.15, 0.2) is 0 Å². The van der Waals surface area contributed by atoms with Gasteiger partial charge in [-0.25, -0.2) is 4.79 Å². The van der Waals surface area contributed by atoms with Gasteiger partial charge in [-0.05, 0) is 49.9 Å². The van der Waals surface area contributed by atoms with Gasteiger partial charge in [0.2, 0.25) is 0 Å². The first kappa shape index (κ1) is 27.7. The van der Waals surface area contributed by atoms with Crippen LogP contribution in [0.1, 0.15) is 74.6 Å². The molecule has 0 spiro atoms. The van der Waals surface area contributed by atoms with Crippen LogP contribution in [0.5, 0.6) is 0 Å². The number of hydrogen-bond donors (Lipinski definition) is 3. The molecule has 4 N–H and O–H groups in total. The fourth-order valence-corrected chi connectivity index (χ4v) is 4.80. The average molecular weight is 494 g/mol. The van der Waals surface area contributed by atoms with Gasteiger partial charge in [-0.3, -0.25) is 9.59 Å². The standard InChI is InChI=1S/C17H20N2O3.C8H15NO2.ClH/c1-22-16(21)17(8-3-2-4-9-17)19-15(20)13-5-6-14-12(11-13)7-10-18-14;1-11-7(10)8(9)5-3-2-4-6-8;/h5-7,10-11,18H,2-4,8-9H2,1H3,(H,19,20);2-6,9H2,1H3;1H. The van der Waals surface area contributed by atoms with E-state index in [1.165, 1.54) is 20.6 Å². The second-order valence-corrected chi connectivity index (χ2v) is 9.08. The lowest BCUT2D eigenvalue weighted by atomic mass is 9.81. The summed E-state index contributed by atoms with van der Waals surface area (Å²) in [5, 5.41) is 3.91. The van der Waals surface area contributed by atoms with E-state index in [1.807, 2.05) is 24.4 Å². The molecule has 9 heteroatoms. The minimum Gasteiger partial charge on any atom is -0.468 e. The average Bonchev–Trinajstić information content (AvgIpc) is 3.32. The number of aromatic amines is 1. The molecule has 8 nitrogen and oxygen atoms in total. The molecule has 2 fully saturated rings. The van der Waals surface area contributed by atoms with E-state index in [0.29, 0.717) is 18.4 Å². The lowest BCUT2D eigenvalue weighted by molar-refractivity contribution is -0.150. The molecule has 188 valence electrons. The van der Waals surface area contributed by atoms with Crippen LogP contribution in [0.15, 0.2) is 30.5 Å². The molecule has 2 aliphatic carbocycles. The number of hydrogen-bond acceptors (Lipinski definition) is 6. The molecular weight excluding hydrogens is 458 g/mol. The van der Waals surface area contributed by atoms with E-state index >= 15 is 0 Å². The molecule has 2 aromatic rings. The van der Waals surface area contributed by atoms with Gasteiger partial charge in [0, 0.05) is 22.7 Å². The minimum absolute atomic E-state index is 0. The van der Waals surface area contributed by atoms with E-state index in [4.69, 9.17) is 10.5 Å². The van der Waals surface area contributed by atoms with Crippen molar-refractivity contribution in [1.29, 1.82) is 0 Å². The highest BCUT2D eigenvalue weighted by atomic mass is 35.5. The predicted octanol–water partition coefficient (Wildman–Crippen LogP) is 4.02. The number of ether oxygens (including phenoxy) is 2. The number of nitrogens with two attached hydrogens (primary N) is 1. The van der Waals surface area contributed by atoms with Crippen molar-refractivity contribution in [2.75, 3.05) is 14.2 Å². The Kier molecular flexibility index (Phi) is 9.94. The van der Waals surface area contributed by atoms with Crippen LogP contribution in [-0.2, 0) is 19.1 Å². The van der Waals surface area contributed by atoms with E-state index in [0.717, 1.165) is 55.8 Å². The number of esters is 2. The van der Waals surface area contributed by atoms with Crippen molar-refractivity contribution in [1.82, 2.24) is 10.3 Å². The molecule has 0 bridgehead atoms. The smallest absolute Gasteiger partial charge is 0.331 e. The minimum atomic E-state index is -0.878. The zero-order valence-electron chi connectivity index (χ0n) is 20.0. The maximum atomic E-state index is 12.6. The highest BCUT2D eigenvalue weighted by molar-refractivity contribution is 6.00. The largest absolute Gasteiger partial charge is 0.468 e. The summed E-state index contributed by atoms with van der Waals surface area (Å²) >= 11 is 0. The molecule has 0 radical (unpaired) electrons. The summed E-state index contributed by atoms with van der Waals surface area (Å²) in [5.74, 6) is -0.823. The Bertz CT molecular complexity index is 978. The lowest BCUT2D eigenvalue weighted by Gasteiger charge is -2.35. The number of carbonyl (C=O) groups excluding carboxylic acids is 3. The van der Waals surface area contributed by atoms with E-state index in [9.17, 15) is 14.4 Å². The fraction of sp³-hybridized carbons (Fsp3) is 0.560. The number of halogens is 1. The monoisotopic (exact) mass is 493 g/mol. The molecule has 2 aliphatic rings. The summed E-state index contributed by atoms with van der Waals surface area (Å²) in [7, 11) is 2.77. The highest BCUT2D eigenvalue weighted by Gasteiger charge is 2.42. The Morgan fingerprint density at radius 1 is 0.882 bits per heavy atom. The summed E-state index contributed by atoms with van der Waals surface area (Å²) in [5.41, 5.74) is 5.83. The van der Waals surface area contributed by atoms with Crippen molar-refractivity contribution < 1.29 is 23.9 Å². The van der Waals surface area contributed by atoms with E-state index < -0.39 is 11.1 Å². The molecule has 0 saturated heterocycles. The first-order chi connectivity index (χ1) is 15.8. The van der Waals surface area contributed by atoms with Gasteiger partial charge >= 0.3 is 11.9 Å². The normalized spacial score (nSPS) is 18.4. The molecule has 1 aromatic heterocycles. The SMILES string of the molecule is COC(=O)C1(N)CCCCC1.COC(=O)C1(NC(=O)c2ccc3[nH]ccc3c2)CCCCC1.Cl. The number of fused-ring (bicyclic) bond motifs is 1. The number of carbonyl (C=O) groups is 3. The molecule has 1 aromatic carbocycles. The molecule has 34 heavy (non-hydrogen) atoms. The van der Waals surface area contributed by atoms with Crippen molar-refractivity contribution >= 4 is 41.2 Å². The van der Waals surface area contributed by atoms with Crippen LogP contribution in [0.25, 0.3) is 10.9 Å². The van der Waals surface area contributed by atoms with E-state index in [-0.39, 0.29) is 30.3 Å². The highest BCUT2D eigenvalue weighted by Crippen LogP contribution is 2.30. The lowest BCUT2D eigenvalue weighted by Crippen LogP contribution is -2.56. The Morgan fingerprint density at radius 3 is 2.06 bits per heavy atom. The van der Waals surface area contributed by atoms with Crippen LogP contribution in [0.4, 0.5) is 0 Å². The van der Waals surface area contributed by atoms with Crippen molar-refractivity contribution in [3.05, 3.63) is 36.0 Å². The molecule has 4 rings (SSSR count). The van der Waals surface area contributed by atoms with Crippen molar-refractivity contribution in [3.63, 3.8) is 0 Å². The van der Waals surface area contributed by atoms with Crippen molar-refractivity contribution in [3.8, 4) is 0 Å². The van der Waals surface area contributed by atoms with Crippen LogP contribution in [-0.4, -0.2) is 48.1 Å². The summed E-state index contributed by atoms with van der Waals surface area (Å²) < 4.78 is 9.56. The predicted molar refractivity (Wildman–Crippen MR) is 133 cm³/mol. The number of H-pyrrole nitrogens is 1. The number of rotatable bonds is 4. The second kappa shape index (κ2) is 12.2. The van der Waals surface area contributed by atoms with Gasteiger partial charge in [0.05, 0.1) is 14.2 Å². The molecule has 0 unspecified atom stereocenters. The summed E-state index contributed by atoms with van der Waals surface area (Å²) in [6.07, 6.45) is 10.9. The van der Waals surface area contributed by atoms with E-state index in [2.05, 4.69) is 15.0 Å². The Morgan fingerprint density at radius 2 is 1.47 bits per heavy atom. The summed E-state index contributed by atoms with van der Waals surface area (Å²) in [6, 6.07) is 7.38. The maximum Gasteiger partial charge on any atom is 0.331 e. The quantitative estimate of drug-likeness (QED) is 0.553. The van der Waals surface area contributed by atoms with Crippen LogP contribution >= 0.6 is 12.4 Å². The van der Waals surface area contributed by atoms with Crippen molar-refractivity contribution in [2.45, 2.75) is 75.3 Å². The summed E-state index contributed by atoms with van der Waals surface area (Å²) in [4.78, 5) is 39.0. The molecule has 2 saturated carbocycles. The molecule has 1 heterocycles.